The molecular weight excluding hydrogens is 324 g/mol. The molecule has 0 bridgehead atoms. The van der Waals surface area contributed by atoms with E-state index in [9.17, 15) is 18.1 Å². The van der Waals surface area contributed by atoms with Crippen LogP contribution in [-0.4, -0.2) is 29.4 Å². The summed E-state index contributed by atoms with van der Waals surface area (Å²) >= 11 is 0. The first-order valence-corrected chi connectivity index (χ1v) is 11.6. The van der Waals surface area contributed by atoms with Crippen LogP contribution in [0.5, 0.6) is 0 Å². The SMILES string of the molecule is CCCCCCCCCCC(CCCCCC(O)CC)S(=O)(=O)O. The lowest BCUT2D eigenvalue weighted by atomic mass is 10.0. The second-order valence-corrected chi connectivity index (χ2v) is 8.80. The molecule has 5 heteroatoms. The van der Waals surface area contributed by atoms with E-state index in [-0.39, 0.29) is 6.10 Å². The highest BCUT2D eigenvalue weighted by atomic mass is 32.2. The maximum atomic E-state index is 11.5. The van der Waals surface area contributed by atoms with Crippen molar-refractivity contribution in [3.8, 4) is 0 Å². The van der Waals surface area contributed by atoms with Crippen LogP contribution < -0.4 is 0 Å². The van der Waals surface area contributed by atoms with Gasteiger partial charge in [0.1, 0.15) is 0 Å². The molecule has 0 aromatic carbocycles. The Morgan fingerprint density at radius 1 is 0.708 bits per heavy atom. The van der Waals surface area contributed by atoms with Crippen LogP contribution in [-0.2, 0) is 10.1 Å². The Hall–Kier alpha value is -0.130. The van der Waals surface area contributed by atoms with Gasteiger partial charge in [-0.25, -0.2) is 0 Å². The fourth-order valence-electron chi connectivity index (χ4n) is 3.08. The Morgan fingerprint density at radius 2 is 1.12 bits per heavy atom. The number of aliphatic hydroxyl groups excluding tert-OH is 1. The van der Waals surface area contributed by atoms with E-state index in [1.54, 1.807) is 0 Å². The van der Waals surface area contributed by atoms with Crippen LogP contribution in [0.4, 0.5) is 0 Å². The molecule has 0 aliphatic carbocycles. The summed E-state index contributed by atoms with van der Waals surface area (Å²) in [6.45, 7) is 4.17. The molecule has 4 nitrogen and oxygen atoms in total. The Labute approximate surface area is 150 Å². The highest BCUT2D eigenvalue weighted by molar-refractivity contribution is 7.86. The van der Waals surface area contributed by atoms with E-state index in [0.29, 0.717) is 12.8 Å². The van der Waals surface area contributed by atoms with E-state index in [1.807, 2.05) is 6.92 Å². The van der Waals surface area contributed by atoms with Gasteiger partial charge in [-0.3, -0.25) is 4.55 Å². The van der Waals surface area contributed by atoms with E-state index in [2.05, 4.69) is 6.92 Å². The molecule has 0 rings (SSSR count). The lowest BCUT2D eigenvalue weighted by molar-refractivity contribution is 0.156. The van der Waals surface area contributed by atoms with Crippen molar-refractivity contribution in [1.82, 2.24) is 0 Å². The van der Waals surface area contributed by atoms with Gasteiger partial charge in [-0.1, -0.05) is 84.5 Å². The summed E-state index contributed by atoms with van der Waals surface area (Å²) in [4.78, 5) is 0. The van der Waals surface area contributed by atoms with Gasteiger partial charge in [0.25, 0.3) is 10.1 Å². The molecule has 2 N–H and O–H groups in total. The van der Waals surface area contributed by atoms with Crippen molar-refractivity contribution >= 4 is 10.1 Å². The van der Waals surface area contributed by atoms with Gasteiger partial charge in [0.2, 0.25) is 0 Å². The normalized spacial score (nSPS) is 14.7. The lowest BCUT2D eigenvalue weighted by Gasteiger charge is -2.14. The molecule has 0 amide bonds. The van der Waals surface area contributed by atoms with Crippen molar-refractivity contribution in [2.24, 2.45) is 0 Å². The second kappa shape index (κ2) is 15.2. The third kappa shape index (κ3) is 14.2. The van der Waals surface area contributed by atoms with Gasteiger partial charge >= 0.3 is 0 Å². The quantitative estimate of drug-likeness (QED) is 0.264. The van der Waals surface area contributed by atoms with E-state index in [4.69, 9.17) is 0 Å². The van der Waals surface area contributed by atoms with E-state index < -0.39 is 15.4 Å². The molecule has 0 radical (unpaired) electrons. The summed E-state index contributed by atoms with van der Waals surface area (Å²) in [5, 5.41) is 8.89. The fourth-order valence-corrected chi connectivity index (χ4v) is 4.01. The predicted octanol–water partition coefficient (Wildman–Crippen LogP) is 5.50. The van der Waals surface area contributed by atoms with Crippen molar-refractivity contribution in [3.05, 3.63) is 0 Å². The zero-order valence-corrected chi connectivity index (χ0v) is 16.7. The minimum absolute atomic E-state index is 0.236. The first-order valence-electron chi connectivity index (χ1n) is 10.1. The van der Waals surface area contributed by atoms with Crippen molar-refractivity contribution in [2.75, 3.05) is 0 Å². The molecular formula is C19H40O4S. The zero-order valence-electron chi connectivity index (χ0n) is 15.9. The third-order valence-corrected chi connectivity index (χ3v) is 6.15. The largest absolute Gasteiger partial charge is 0.393 e. The average Bonchev–Trinajstić information content (AvgIpc) is 2.53. The number of rotatable bonds is 17. The fraction of sp³-hybridized carbons (Fsp3) is 1.00. The standard InChI is InChI=1S/C19H40O4S/c1-3-5-6-7-8-9-10-13-16-19(24(21,22)23)17-14-11-12-15-18(20)4-2/h18-20H,3-17H2,1-2H3,(H,21,22,23). The van der Waals surface area contributed by atoms with Crippen LogP contribution in [0.15, 0.2) is 0 Å². The van der Waals surface area contributed by atoms with Gasteiger partial charge < -0.3 is 5.11 Å². The molecule has 0 saturated carbocycles. The van der Waals surface area contributed by atoms with Crippen LogP contribution in [0.2, 0.25) is 0 Å². The smallest absolute Gasteiger partial charge is 0.267 e. The van der Waals surface area contributed by atoms with Gasteiger partial charge in [-0.2, -0.15) is 8.42 Å². The molecule has 0 aromatic heterocycles. The minimum atomic E-state index is -3.93. The summed E-state index contributed by atoms with van der Waals surface area (Å²) in [6.07, 6.45) is 14.5. The minimum Gasteiger partial charge on any atom is -0.393 e. The van der Waals surface area contributed by atoms with Crippen LogP contribution in [0.25, 0.3) is 0 Å². The van der Waals surface area contributed by atoms with E-state index in [0.717, 1.165) is 51.4 Å². The highest BCUT2D eigenvalue weighted by Crippen LogP contribution is 2.19. The first-order chi connectivity index (χ1) is 11.4. The predicted molar refractivity (Wildman–Crippen MR) is 102 cm³/mol. The molecule has 0 aromatic rings. The summed E-state index contributed by atoms with van der Waals surface area (Å²) in [7, 11) is -3.93. The summed E-state index contributed by atoms with van der Waals surface area (Å²) < 4.78 is 32.4. The van der Waals surface area contributed by atoms with Crippen molar-refractivity contribution in [3.63, 3.8) is 0 Å². The van der Waals surface area contributed by atoms with Crippen molar-refractivity contribution < 1.29 is 18.1 Å². The van der Waals surface area contributed by atoms with Gasteiger partial charge in [-0.05, 0) is 25.7 Å². The molecule has 0 fully saturated rings. The second-order valence-electron chi connectivity index (χ2n) is 7.10. The Balaban J connectivity index is 3.80. The summed E-state index contributed by atoms with van der Waals surface area (Å²) in [5.41, 5.74) is 0. The van der Waals surface area contributed by atoms with Gasteiger partial charge in [-0.15, -0.1) is 0 Å². The average molecular weight is 365 g/mol. The third-order valence-electron chi connectivity index (χ3n) is 4.84. The molecule has 24 heavy (non-hydrogen) atoms. The van der Waals surface area contributed by atoms with Crippen molar-refractivity contribution in [2.45, 2.75) is 122 Å². The number of hydrogen-bond donors (Lipinski definition) is 2. The highest BCUT2D eigenvalue weighted by Gasteiger charge is 2.21. The Kier molecular flexibility index (Phi) is 15.1. The Bertz CT molecular complexity index is 368. The van der Waals surface area contributed by atoms with Gasteiger partial charge in [0.05, 0.1) is 11.4 Å². The topological polar surface area (TPSA) is 74.6 Å². The molecule has 0 aliphatic heterocycles. The lowest BCUT2D eigenvalue weighted by Crippen LogP contribution is -2.20. The molecule has 2 unspecified atom stereocenters. The van der Waals surface area contributed by atoms with Gasteiger partial charge in [0, 0.05) is 0 Å². The van der Waals surface area contributed by atoms with E-state index in [1.165, 1.54) is 32.1 Å². The summed E-state index contributed by atoms with van der Waals surface area (Å²) in [5.74, 6) is 0. The molecule has 2 atom stereocenters. The number of unbranched alkanes of at least 4 members (excludes halogenated alkanes) is 9. The Morgan fingerprint density at radius 3 is 1.58 bits per heavy atom. The molecule has 0 spiro atoms. The van der Waals surface area contributed by atoms with Crippen LogP contribution in [0.3, 0.4) is 0 Å². The maximum Gasteiger partial charge on any atom is 0.267 e. The van der Waals surface area contributed by atoms with Crippen LogP contribution in [0.1, 0.15) is 110 Å². The first kappa shape index (κ1) is 23.9. The van der Waals surface area contributed by atoms with Crippen LogP contribution >= 0.6 is 0 Å². The van der Waals surface area contributed by atoms with Gasteiger partial charge in [0.15, 0.2) is 0 Å². The number of hydrogen-bond acceptors (Lipinski definition) is 3. The number of aliphatic hydroxyl groups is 1. The van der Waals surface area contributed by atoms with Crippen molar-refractivity contribution in [1.29, 1.82) is 0 Å². The molecule has 0 saturated heterocycles. The zero-order chi connectivity index (χ0) is 18.3. The molecule has 146 valence electrons. The van der Waals surface area contributed by atoms with E-state index >= 15 is 0 Å². The monoisotopic (exact) mass is 364 g/mol. The maximum absolute atomic E-state index is 11.5. The summed E-state index contributed by atoms with van der Waals surface area (Å²) in [6, 6.07) is 0. The van der Waals surface area contributed by atoms with Crippen LogP contribution in [0, 0.1) is 0 Å². The molecule has 0 heterocycles. The molecule has 0 aliphatic rings.